The van der Waals surface area contributed by atoms with Crippen LogP contribution in [0.5, 0.6) is 0 Å². The summed E-state index contributed by atoms with van der Waals surface area (Å²) in [5.41, 5.74) is 1.47. The molecule has 0 amide bonds. The van der Waals surface area contributed by atoms with Gasteiger partial charge in [0.05, 0.1) is 5.52 Å². The number of hydrogen-bond acceptors (Lipinski definition) is 2. The van der Waals surface area contributed by atoms with E-state index < -0.39 is 0 Å². The number of ketones is 1. The van der Waals surface area contributed by atoms with Gasteiger partial charge in [-0.15, -0.1) is 0 Å². The lowest BCUT2D eigenvalue weighted by molar-refractivity contribution is 0.101. The van der Waals surface area contributed by atoms with E-state index in [4.69, 9.17) is 0 Å². The van der Waals surface area contributed by atoms with Gasteiger partial charge in [0.2, 0.25) is 0 Å². The summed E-state index contributed by atoms with van der Waals surface area (Å²) in [5.74, 6) is 1.27. The van der Waals surface area contributed by atoms with Crippen LogP contribution in [0.15, 0.2) is 24.4 Å². The average molecular weight is 202 g/mol. The maximum atomic E-state index is 11.4. The molecule has 0 aliphatic heterocycles. The third-order valence-corrected chi connectivity index (χ3v) is 2.43. The monoisotopic (exact) mass is 202 g/mol. The number of rotatable bonds is 2. The van der Waals surface area contributed by atoms with Gasteiger partial charge in [0.1, 0.15) is 11.5 Å². The third-order valence-electron chi connectivity index (χ3n) is 2.43. The van der Waals surface area contributed by atoms with Crippen LogP contribution >= 0.6 is 0 Å². The molecule has 0 bridgehead atoms. The molecule has 3 heteroatoms. The normalized spacial score (nSPS) is 11.2. The Hall–Kier alpha value is -1.64. The molecule has 0 radical (unpaired) electrons. The van der Waals surface area contributed by atoms with Crippen LogP contribution in [0.4, 0.5) is 0 Å². The fourth-order valence-electron chi connectivity index (χ4n) is 1.73. The highest BCUT2D eigenvalue weighted by molar-refractivity contribution is 5.99. The Balaban J connectivity index is 2.79. The first-order valence-corrected chi connectivity index (χ1v) is 5.09. The second kappa shape index (κ2) is 3.50. The molecule has 2 aromatic heterocycles. The van der Waals surface area contributed by atoms with E-state index in [1.165, 1.54) is 0 Å². The number of nitrogens with zero attached hydrogens (tertiary/aromatic N) is 2. The molecule has 0 aliphatic carbocycles. The number of carbonyl (C=O) groups excluding carboxylic acids is 1. The molecule has 0 unspecified atom stereocenters. The molecule has 0 spiro atoms. The van der Waals surface area contributed by atoms with Crippen LogP contribution in [0.25, 0.3) is 5.52 Å². The molecule has 3 nitrogen and oxygen atoms in total. The molecule has 15 heavy (non-hydrogen) atoms. The van der Waals surface area contributed by atoms with Crippen molar-refractivity contribution in [1.29, 1.82) is 0 Å². The maximum absolute atomic E-state index is 11.4. The van der Waals surface area contributed by atoms with Gasteiger partial charge in [-0.05, 0) is 12.1 Å². The predicted octanol–water partition coefficient (Wildman–Crippen LogP) is 2.66. The Kier molecular flexibility index (Phi) is 2.31. The predicted molar refractivity (Wildman–Crippen MR) is 59.3 cm³/mol. The van der Waals surface area contributed by atoms with E-state index in [0.717, 1.165) is 11.3 Å². The SMILES string of the molecule is CC(=O)c1nc(C(C)C)n2ccccc12. The van der Waals surface area contributed by atoms with E-state index in [2.05, 4.69) is 18.8 Å². The van der Waals surface area contributed by atoms with Gasteiger partial charge in [-0.3, -0.25) is 4.79 Å². The van der Waals surface area contributed by atoms with E-state index in [-0.39, 0.29) is 5.78 Å². The largest absolute Gasteiger partial charge is 0.303 e. The first kappa shape index (κ1) is 9.90. The number of aromatic nitrogens is 2. The number of Topliss-reactive ketones (excluding diaryl/α,β-unsaturated/α-hetero) is 1. The second-order valence-electron chi connectivity index (χ2n) is 3.99. The highest BCUT2D eigenvalue weighted by Crippen LogP contribution is 2.19. The van der Waals surface area contributed by atoms with Crippen molar-refractivity contribution in [3.8, 4) is 0 Å². The van der Waals surface area contributed by atoms with E-state index >= 15 is 0 Å². The number of pyridine rings is 1. The van der Waals surface area contributed by atoms with Crippen molar-refractivity contribution in [2.24, 2.45) is 0 Å². The highest BCUT2D eigenvalue weighted by atomic mass is 16.1. The molecule has 0 saturated carbocycles. The van der Waals surface area contributed by atoms with Gasteiger partial charge in [0.15, 0.2) is 5.78 Å². The molecule has 2 heterocycles. The summed E-state index contributed by atoms with van der Waals surface area (Å²) in [7, 11) is 0. The summed E-state index contributed by atoms with van der Waals surface area (Å²) in [5, 5.41) is 0. The standard InChI is InChI=1S/C12H14N2O/c1-8(2)12-13-11(9(3)15)10-6-4-5-7-14(10)12/h4-8H,1-3H3. The van der Waals surface area contributed by atoms with Crippen LogP contribution in [0.2, 0.25) is 0 Å². The molecule has 0 saturated heterocycles. The minimum Gasteiger partial charge on any atom is -0.303 e. The average Bonchev–Trinajstić information content (AvgIpc) is 2.56. The van der Waals surface area contributed by atoms with Crippen LogP contribution in [0.1, 0.15) is 43.0 Å². The zero-order valence-corrected chi connectivity index (χ0v) is 9.19. The number of imidazole rings is 1. The topological polar surface area (TPSA) is 34.4 Å². The molecule has 0 aromatic carbocycles. The summed E-state index contributed by atoms with van der Waals surface area (Å²) < 4.78 is 1.99. The van der Waals surface area contributed by atoms with Crippen molar-refractivity contribution in [3.05, 3.63) is 35.9 Å². The van der Waals surface area contributed by atoms with Crippen molar-refractivity contribution < 1.29 is 4.79 Å². The number of fused-ring (bicyclic) bond motifs is 1. The van der Waals surface area contributed by atoms with Gasteiger partial charge in [0.25, 0.3) is 0 Å². The van der Waals surface area contributed by atoms with Gasteiger partial charge in [0, 0.05) is 19.0 Å². The van der Waals surface area contributed by atoms with Crippen LogP contribution in [-0.4, -0.2) is 15.2 Å². The van der Waals surface area contributed by atoms with E-state index in [1.807, 2.05) is 28.8 Å². The Bertz CT molecular complexity index is 511. The maximum Gasteiger partial charge on any atom is 0.180 e. The second-order valence-corrected chi connectivity index (χ2v) is 3.99. The van der Waals surface area contributed by atoms with Crippen molar-refractivity contribution in [2.45, 2.75) is 26.7 Å². The first-order valence-electron chi connectivity index (χ1n) is 5.09. The summed E-state index contributed by atoms with van der Waals surface area (Å²) in [6.45, 7) is 5.71. The van der Waals surface area contributed by atoms with Crippen molar-refractivity contribution in [3.63, 3.8) is 0 Å². The Morgan fingerprint density at radius 1 is 1.40 bits per heavy atom. The summed E-state index contributed by atoms with van der Waals surface area (Å²) in [6, 6.07) is 5.80. The van der Waals surface area contributed by atoms with Crippen molar-refractivity contribution in [1.82, 2.24) is 9.38 Å². The molecule has 78 valence electrons. The molecule has 0 atom stereocenters. The van der Waals surface area contributed by atoms with Crippen LogP contribution in [0.3, 0.4) is 0 Å². The molecule has 2 rings (SSSR count). The molecule has 0 aliphatic rings. The lowest BCUT2D eigenvalue weighted by Crippen LogP contribution is -1.96. The number of carbonyl (C=O) groups is 1. The third kappa shape index (κ3) is 1.54. The van der Waals surface area contributed by atoms with Crippen LogP contribution < -0.4 is 0 Å². The highest BCUT2D eigenvalue weighted by Gasteiger charge is 2.15. The van der Waals surface area contributed by atoms with Gasteiger partial charge in [-0.2, -0.15) is 0 Å². The Morgan fingerprint density at radius 2 is 2.13 bits per heavy atom. The van der Waals surface area contributed by atoms with Crippen LogP contribution in [0, 0.1) is 0 Å². The molecular weight excluding hydrogens is 188 g/mol. The Morgan fingerprint density at radius 3 is 2.73 bits per heavy atom. The van der Waals surface area contributed by atoms with E-state index in [1.54, 1.807) is 6.92 Å². The summed E-state index contributed by atoms with van der Waals surface area (Å²) in [6.07, 6.45) is 1.95. The fraction of sp³-hybridized carbons (Fsp3) is 0.333. The Labute approximate surface area is 88.8 Å². The molecule has 0 fully saturated rings. The molecule has 2 aromatic rings. The lowest BCUT2D eigenvalue weighted by atomic mass is 10.2. The van der Waals surface area contributed by atoms with E-state index in [0.29, 0.717) is 11.6 Å². The molecule has 0 N–H and O–H groups in total. The molecular formula is C12H14N2O. The summed E-state index contributed by atoms with van der Waals surface area (Å²) in [4.78, 5) is 15.8. The van der Waals surface area contributed by atoms with Gasteiger partial charge in [-0.1, -0.05) is 19.9 Å². The number of hydrogen-bond donors (Lipinski definition) is 0. The first-order chi connectivity index (χ1) is 7.11. The van der Waals surface area contributed by atoms with Gasteiger partial charge in [-0.25, -0.2) is 4.98 Å². The van der Waals surface area contributed by atoms with Gasteiger partial charge >= 0.3 is 0 Å². The minimum absolute atomic E-state index is 0.0191. The quantitative estimate of drug-likeness (QED) is 0.701. The zero-order chi connectivity index (χ0) is 11.0. The van der Waals surface area contributed by atoms with Crippen molar-refractivity contribution in [2.75, 3.05) is 0 Å². The zero-order valence-electron chi connectivity index (χ0n) is 9.19. The summed E-state index contributed by atoms with van der Waals surface area (Å²) >= 11 is 0. The van der Waals surface area contributed by atoms with Crippen LogP contribution in [-0.2, 0) is 0 Å². The minimum atomic E-state index is 0.0191. The lowest BCUT2D eigenvalue weighted by Gasteiger charge is -2.02. The smallest absolute Gasteiger partial charge is 0.180 e. The fourth-order valence-corrected chi connectivity index (χ4v) is 1.73. The van der Waals surface area contributed by atoms with E-state index in [9.17, 15) is 4.79 Å². The van der Waals surface area contributed by atoms with Gasteiger partial charge < -0.3 is 4.40 Å². The van der Waals surface area contributed by atoms with Crippen molar-refractivity contribution >= 4 is 11.3 Å².